The Kier molecular flexibility index (Phi) is 6.73. The molecule has 0 saturated carbocycles. The number of rotatable bonds is 6. The summed E-state index contributed by atoms with van der Waals surface area (Å²) in [6, 6.07) is -0.0374. The molecule has 2 N–H and O–H groups in total. The van der Waals surface area contributed by atoms with Gasteiger partial charge in [0.15, 0.2) is 0 Å². The Morgan fingerprint density at radius 1 is 1.22 bits per heavy atom. The summed E-state index contributed by atoms with van der Waals surface area (Å²) in [6.07, 6.45) is 1.71. The predicted molar refractivity (Wildman–Crippen MR) is 71.6 cm³/mol. The average Bonchev–Trinajstić information content (AvgIpc) is 2.23. The lowest BCUT2D eigenvalue weighted by Crippen LogP contribution is -2.53. The number of urea groups is 1. The number of carbonyl (C=O) groups excluding carboxylic acids is 1. The number of nitrogens with one attached hydrogen (secondary N) is 1. The van der Waals surface area contributed by atoms with Crippen molar-refractivity contribution in [3.8, 4) is 0 Å². The van der Waals surface area contributed by atoms with Crippen LogP contribution in [0.2, 0.25) is 0 Å². The lowest BCUT2D eigenvalue weighted by atomic mass is 10.1. The molecule has 0 aromatic carbocycles. The second-order valence-electron chi connectivity index (χ2n) is 5.43. The van der Waals surface area contributed by atoms with E-state index >= 15 is 0 Å². The molecule has 0 saturated heterocycles. The van der Waals surface area contributed by atoms with Gasteiger partial charge in [0.2, 0.25) is 0 Å². The Hall–Kier alpha value is -1.26. The number of hydrogen-bond acceptors (Lipinski definition) is 2. The second kappa shape index (κ2) is 7.24. The average molecular weight is 258 g/mol. The molecule has 5 nitrogen and oxygen atoms in total. The summed E-state index contributed by atoms with van der Waals surface area (Å²) in [7, 11) is 0. The zero-order valence-electron chi connectivity index (χ0n) is 12.1. The molecule has 18 heavy (non-hydrogen) atoms. The number of carbonyl (C=O) groups is 2. The Morgan fingerprint density at radius 2 is 1.72 bits per heavy atom. The topological polar surface area (TPSA) is 69.6 Å². The van der Waals surface area contributed by atoms with E-state index < -0.39 is 5.97 Å². The molecular formula is C13H26N2O3. The first kappa shape index (κ1) is 16.7. The largest absolute Gasteiger partial charge is 0.481 e. The maximum Gasteiger partial charge on any atom is 0.318 e. The van der Waals surface area contributed by atoms with Gasteiger partial charge in [-0.1, -0.05) is 13.8 Å². The molecule has 0 rings (SSSR count). The van der Waals surface area contributed by atoms with E-state index in [4.69, 9.17) is 5.11 Å². The normalized spacial score (nSPS) is 11.4. The van der Waals surface area contributed by atoms with Crippen LogP contribution >= 0.6 is 0 Å². The molecule has 0 bridgehead atoms. The molecule has 2 amide bonds. The van der Waals surface area contributed by atoms with Gasteiger partial charge in [0.25, 0.3) is 0 Å². The third-order valence-electron chi connectivity index (χ3n) is 2.92. The summed E-state index contributed by atoms with van der Waals surface area (Å²) in [5.74, 6) is -0.889. The fourth-order valence-electron chi connectivity index (χ4n) is 1.69. The van der Waals surface area contributed by atoms with Crippen LogP contribution in [0.1, 0.15) is 53.9 Å². The van der Waals surface area contributed by atoms with Crippen molar-refractivity contribution in [1.29, 1.82) is 0 Å². The van der Waals surface area contributed by atoms with Gasteiger partial charge in [-0.15, -0.1) is 0 Å². The first-order valence-corrected chi connectivity index (χ1v) is 6.52. The highest BCUT2D eigenvalue weighted by atomic mass is 16.4. The number of nitrogens with zero attached hydrogens (tertiary/aromatic N) is 1. The minimum absolute atomic E-state index is 0.0341. The van der Waals surface area contributed by atoms with E-state index in [-0.39, 0.29) is 30.6 Å². The van der Waals surface area contributed by atoms with Gasteiger partial charge in [0.05, 0.1) is 6.42 Å². The molecule has 0 spiro atoms. The molecule has 5 heteroatoms. The zero-order chi connectivity index (χ0) is 14.3. The molecule has 0 aromatic heterocycles. The molecule has 0 heterocycles. The van der Waals surface area contributed by atoms with E-state index in [9.17, 15) is 9.59 Å². The van der Waals surface area contributed by atoms with Crippen molar-refractivity contribution < 1.29 is 14.7 Å². The standard InChI is InChI=1S/C13H26N2O3/c1-6-10(7-2)14-12(18)15(13(3,4)5)9-8-11(16)17/h10H,6-9H2,1-5H3,(H,14,18)(H,16,17). The third-order valence-corrected chi connectivity index (χ3v) is 2.92. The van der Waals surface area contributed by atoms with Gasteiger partial charge in [0, 0.05) is 18.1 Å². The van der Waals surface area contributed by atoms with Crippen molar-refractivity contribution in [2.24, 2.45) is 0 Å². The van der Waals surface area contributed by atoms with E-state index in [1.807, 2.05) is 34.6 Å². The van der Waals surface area contributed by atoms with Gasteiger partial charge < -0.3 is 15.3 Å². The van der Waals surface area contributed by atoms with Crippen LogP contribution in [-0.4, -0.2) is 40.1 Å². The zero-order valence-corrected chi connectivity index (χ0v) is 12.1. The van der Waals surface area contributed by atoms with Crippen LogP contribution in [0.4, 0.5) is 4.79 Å². The maximum absolute atomic E-state index is 12.2. The lowest BCUT2D eigenvalue weighted by Gasteiger charge is -2.36. The number of hydrogen-bond donors (Lipinski definition) is 2. The summed E-state index contributed by atoms with van der Waals surface area (Å²) in [5.41, 5.74) is -0.383. The molecule has 106 valence electrons. The molecule has 0 fully saturated rings. The predicted octanol–water partition coefficient (Wildman–Crippen LogP) is 2.46. The fraction of sp³-hybridized carbons (Fsp3) is 0.846. The lowest BCUT2D eigenvalue weighted by molar-refractivity contribution is -0.137. The number of carboxylic acid groups (broad SMARTS) is 1. The van der Waals surface area contributed by atoms with Gasteiger partial charge in [-0.05, 0) is 33.6 Å². The molecule has 0 aliphatic rings. The van der Waals surface area contributed by atoms with E-state index in [0.29, 0.717) is 0 Å². The van der Waals surface area contributed by atoms with Crippen LogP contribution in [0.15, 0.2) is 0 Å². The summed E-state index contributed by atoms with van der Waals surface area (Å²) in [6.45, 7) is 9.98. The fourth-order valence-corrected chi connectivity index (χ4v) is 1.69. The van der Waals surface area contributed by atoms with Crippen LogP contribution in [0.3, 0.4) is 0 Å². The van der Waals surface area contributed by atoms with Crippen LogP contribution < -0.4 is 5.32 Å². The second-order valence-corrected chi connectivity index (χ2v) is 5.43. The SMILES string of the molecule is CCC(CC)NC(=O)N(CCC(=O)O)C(C)(C)C. The van der Waals surface area contributed by atoms with Crippen molar-refractivity contribution >= 4 is 12.0 Å². The number of aliphatic carboxylic acids is 1. The van der Waals surface area contributed by atoms with Crippen LogP contribution in [0.5, 0.6) is 0 Å². The van der Waals surface area contributed by atoms with Crippen molar-refractivity contribution in [3.63, 3.8) is 0 Å². The van der Waals surface area contributed by atoms with E-state index in [1.54, 1.807) is 4.90 Å². The molecule has 0 atom stereocenters. The minimum Gasteiger partial charge on any atom is -0.481 e. The highest BCUT2D eigenvalue weighted by molar-refractivity contribution is 5.76. The van der Waals surface area contributed by atoms with Gasteiger partial charge in [0.1, 0.15) is 0 Å². The quantitative estimate of drug-likeness (QED) is 0.769. The molecular weight excluding hydrogens is 232 g/mol. The van der Waals surface area contributed by atoms with Crippen molar-refractivity contribution in [2.45, 2.75) is 65.5 Å². The van der Waals surface area contributed by atoms with Crippen molar-refractivity contribution in [1.82, 2.24) is 10.2 Å². The van der Waals surface area contributed by atoms with Gasteiger partial charge in [-0.25, -0.2) is 4.79 Å². The molecule has 0 radical (unpaired) electrons. The monoisotopic (exact) mass is 258 g/mol. The summed E-state index contributed by atoms with van der Waals surface area (Å²) in [4.78, 5) is 24.4. The van der Waals surface area contributed by atoms with Gasteiger partial charge >= 0.3 is 12.0 Å². The first-order chi connectivity index (χ1) is 8.22. The van der Waals surface area contributed by atoms with Crippen LogP contribution in [-0.2, 0) is 4.79 Å². The molecule has 0 aliphatic heterocycles. The van der Waals surface area contributed by atoms with Gasteiger partial charge in [-0.3, -0.25) is 4.79 Å². The maximum atomic E-state index is 12.2. The first-order valence-electron chi connectivity index (χ1n) is 6.52. The Labute approximate surface area is 110 Å². The Morgan fingerprint density at radius 3 is 2.06 bits per heavy atom. The van der Waals surface area contributed by atoms with Gasteiger partial charge in [-0.2, -0.15) is 0 Å². The van der Waals surface area contributed by atoms with Crippen molar-refractivity contribution in [3.05, 3.63) is 0 Å². The highest BCUT2D eigenvalue weighted by Gasteiger charge is 2.27. The number of carboxylic acids is 1. The molecule has 0 unspecified atom stereocenters. The van der Waals surface area contributed by atoms with Crippen LogP contribution in [0.25, 0.3) is 0 Å². The number of amides is 2. The Bertz CT molecular complexity index is 280. The summed E-state index contributed by atoms with van der Waals surface area (Å²) >= 11 is 0. The highest BCUT2D eigenvalue weighted by Crippen LogP contribution is 2.14. The van der Waals surface area contributed by atoms with E-state index in [2.05, 4.69) is 5.32 Å². The van der Waals surface area contributed by atoms with Crippen molar-refractivity contribution in [2.75, 3.05) is 6.54 Å². The summed E-state index contributed by atoms with van der Waals surface area (Å²) in [5, 5.41) is 11.7. The minimum atomic E-state index is -0.889. The summed E-state index contributed by atoms with van der Waals surface area (Å²) < 4.78 is 0. The Balaban J connectivity index is 4.65. The van der Waals surface area contributed by atoms with E-state index in [0.717, 1.165) is 12.8 Å². The smallest absolute Gasteiger partial charge is 0.318 e. The van der Waals surface area contributed by atoms with Crippen LogP contribution in [0, 0.1) is 0 Å². The molecule has 0 aromatic rings. The molecule has 0 aliphatic carbocycles. The van der Waals surface area contributed by atoms with E-state index in [1.165, 1.54) is 0 Å². The third kappa shape index (κ3) is 5.89.